The monoisotopic (exact) mass is 412 g/mol. The topological polar surface area (TPSA) is 46.9 Å². The molecule has 2 unspecified atom stereocenters. The van der Waals surface area contributed by atoms with Crippen molar-refractivity contribution in [2.45, 2.75) is 11.8 Å². The fraction of sp³-hybridized carbons (Fsp3) is 0.333. The molecule has 0 amide bonds. The molecule has 25 heavy (non-hydrogen) atoms. The van der Waals surface area contributed by atoms with E-state index in [1.165, 1.54) is 6.07 Å². The van der Waals surface area contributed by atoms with Crippen molar-refractivity contribution in [2.75, 3.05) is 32.1 Å². The molecule has 3 rings (SSSR count). The van der Waals surface area contributed by atoms with Gasteiger partial charge in [-0.3, -0.25) is 0 Å². The maximum atomic E-state index is 13.8. The lowest BCUT2D eigenvalue weighted by Crippen LogP contribution is -2.47. The Bertz CT molecular complexity index is 803. The van der Waals surface area contributed by atoms with Crippen molar-refractivity contribution in [1.82, 2.24) is 4.90 Å². The summed E-state index contributed by atoms with van der Waals surface area (Å²) in [6.45, 7) is 1.11. The van der Waals surface area contributed by atoms with Crippen LogP contribution in [0.15, 0.2) is 40.9 Å². The first-order valence-electron chi connectivity index (χ1n) is 7.83. The molecule has 0 spiro atoms. The Morgan fingerprint density at radius 1 is 1.20 bits per heavy atom. The molecule has 0 radical (unpaired) electrons. The number of fused-ring (bicyclic) bond motifs is 1. The van der Waals surface area contributed by atoms with Gasteiger partial charge in [-0.05, 0) is 43.9 Å². The minimum Gasteiger partial charge on any atom is -0.375 e. The van der Waals surface area contributed by atoms with E-state index in [-0.39, 0.29) is 5.56 Å². The molecule has 2 atom stereocenters. The molecule has 0 saturated carbocycles. The molecule has 0 saturated heterocycles. The summed E-state index contributed by atoms with van der Waals surface area (Å²) in [5, 5.41) is 22.3. The largest absolute Gasteiger partial charge is 0.375 e. The van der Waals surface area contributed by atoms with E-state index in [0.29, 0.717) is 28.8 Å². The number of likely N-dealkylation sites (N-methyl/N-ethyl adjacent to an activating group) is 1. The number of aliphatic hydroxyl groups excluding tert-OH is 1. The molecule has 1 heterocycles. The second-order valence-corrected chi connectivity index (χ2v) is 7.25. The summed E-state index contributed by atoms with van der Waals surface area (Å²) in [5.41, 5.74) is -0.696. The van der Waals surface area contributed by atoms with E-state index < -0.39 is 23.5 Å². The van der Waals surface area contributed by atoms with E-state index in [1.54, 1.807) is 23.1 Å². The lowest BCUT2D eigenvalue weighted by molar-refractivity contribution is -0.0392. The second-order valence-electron chi connectivity index (χ2n) is 6.40. The molecule has 1 aliphatic heterocycles. The Labute approximate surface area is 153 Å². The molecule has 2 aromatic carbocycles. The van der Waals surface area contributed by atoms with Crippen molar-refractivity contribution < 1.29 is 19.0 Å². The SMILES string of the molecule is CN(C)CCN1c2cccc(Br)c2C(O)(c2ccc(F)c(F)c2)C1O. The Morgan fingerprint density at radius 2 is 1.92 bits per heavy atom. The van der Waals surface area contributed by atoms with Crippen LogP contribution in [0.3, 0.4) is 0 Å². The molecule has 0 aromatic heterocycles. The normalized spacial score (nSPS) is 22.6. The number of nitrogens with zero attached hydrogens (tertiary/aromatic N) is 2. The number of hydrogen-bond donors (Lipinski definition) is 2. The quantitative estimate of drug-likeness (QED) is 0.810. The van der Waals surface area contributed by atoms with Crippen LogP contribution in [-0.2, 0) is 5.60 Å². The molecule has 4 nitrogen and oxygen atoms in total. The van der Waals surface area contributed by atoms with Crippen molar-refractivity contribution in [3.8, 4) is 0 Å². The van der Waals surface area contributed by atoms with Crippen molar-refractivity contribution >= 4 is 21.6 Å². The third-order valence-electron chi connectivity index (χ3n) is 4.50. The molecule has 134 valence electrons. The summed E-state index contributed by atoms with van der Waals surface area (Å²) < 4.78 is 27.7. The summed E-state index contributed by atoms with van der Waals surface area (Å²) in [6, 6.07) is 8.50. The van der Waals surface area contributed by atoms with Crippen LogP contribution in [0.1, 0.15) is 11.1 Å². The maximum Gasteiger partial charge on any atom is 0.164 e. The van der Waals surface area contributed by atoms with Crippen molar-refractivity contribution in [2.24, 2.45) is 0 Å². The Morgan fingerprint density at radius 3 is 2.56 bits per heavy atom. The van der Waals surface area contributed by atoms with E-state index in [4.69, 9.17) is 0 Å². The Kier molecular flexibility index (Phi) is 4.85. The van der Waals surface area contributed by atoms with Crippen LogP contribution in [0, 0.1) is 11.6 Å². The molecule has 1 aliphatic rings. The van der Waals surface area contributed by atoms with Crippen LogP contribution < -0.4 is 4.90 Å². The molecule has 0 bridgehead atoms. The lowest BCUT2D eigenvalue weighted by atomic mass is 9.86. The number of hydrogen-bond acceptors (Lipinski definition) is 4. The van der Waals surface area contributed by atoms with Gasteiger partial charge in [0.1, 0.15) is 0 Å². The summed E-state index contributed by atoms with van der Waals surface area (Å²) in [4.78, 5) is 3.63. The van der Waals surface area contributed by atoms with Crippen LogP contribution >= 0.6 is 15.9 Å². The average molecular weight is 413 g/mol. The van der Waals surface area contributed by atoms with Gasteiger partial charge >= 0.3 is 0 Å². The van der Waals surface area contributed by atoms with Crippen molar-refractivity contribution in [1.29, 1.82) is 0 Å². The maximum absolute atomic E-state index is 13.8. The fourth-order valence-electron chi connectivity index (χ4n) is 3.19. The number of anilines is 1. The highest BCUT2D eigenvalue weighted by Gasteiger charge is 2.51. The highest BCUT2D eigenvalue weighted by Crippen LogP contribution is 2.49. The molecule has 7 heteroatoms. The second kappa shape index (κ2) is 6.64. The predicted octanol–water partition coefficient (Wildman–Crippen LogP) is 2.66. The first-order valence-corrected chi connectivity index (χ1v) is 8.62. The minimum atomic E-state index is -1.88. The highest BCUT2D eigenvalue weighted by molar-refractivity contribution is 9.10. The predicted molar refractivity (Wildman–Crippen MR) is 95.4 cm³/mol. The van der Waals surface area contributed by atoms with Gasteiger partial charge in [-0.15, -0.1) is 0 Å². The average Bonchev–Trinajstić information content (AvgIpc) is 2.78. The first kappa shape index (κ1) is 18.3. The summed E-state index contributed by atoms with van der Waals surface area (Å²) >= 11 is 3.41. The van der Waals surface area contributed by atoms with E-state index in [9.17, 15) is 19.0 Å². The number of halogens is 3. The Balaban J connectivity index is 2.15. The van der Waals surface area contributed by atoms with Crippen LogP contribution in [-0.4, -0.2) is 48.5 Å². The first-order chi connectivity index (χ1) is 11.8. The van der Waals surface area contributed by atoms with Gasteiger partial charge in [-0.2, -0.15) is 0 Å². The van der Waals surface area contributed by atoms with Gasteiger partial charge in [0.05, 0.1) is 0 Å². The van der Waals surface area contributed by atoms with Gasteiger partial charge in [0.2, 0.25) is 0 Å². The molecule has 0 fully saturated rings. The minimum absolute atomic E-state index is 0.0967. The molecular formula is C18H19BrF2N2O2. The standard InChI is InChI=1S/C18H19BrF2N2O2/c1-22(2)8-9-23-15-5-3-4-12(19)16(15)18(25,17(23)24)11-6-7-13(20)14(21)10-11/h3-7,10,17,24-25H,8-9H2,1-2H3. The third kappa shape index (κ3) is 2.95. The highest BCUT2D eigenvalue weighted by atomic mass is 79.9. The fourth-order valence-corrected chi connectivity index (χ4v) is 3.85. The molecule has 2 N–H and O–H groups in total. The Hall–Kier alpha value is -1.54. The summed E-state index contributed by atoms with van der Waals surface area (Å²) in [6.07, 6.45) is -1.33. The van der Waals surface area contributed by atoms with E-state index in [1.807, 2.05) is 19.0 Å². The van der Waals surface area contributed by atoms with E-state index in [0.717, 1.165) is 12.1 Å². The van der Waals surface area contributed by atoms with Gasteiger partial charge in [-0.25, -0.2) is 8.78 Å². The van der Waals surface area contributed by atoms with Crippen LogP contribution in [0.25, 0.3) is 0 Å². The third-order valence-corrected chi connectivity index (χ3v) is 5.16. The number of benzene rings is 2. The van der Waals surface area contributed by atoms with Crippen LogP contribution in [0.5, 0.6) is 0 Å². The van der Waals surface area contributed by atoms with Gasteiger partial charge in [0.25, 0.3) is 0 Å². The van der Waals surface area contributed by atoms with Crippen molar-refractivity contribution in [3.05, 3.63) is 63.6 Å². The zero-order valence-electron chi connectivity index (χ0n) is 13.9. The number of aliphatic hydroxyl groups is 2. The lowest BCUT2D eigenvalue weighted by Gasteiger charge is -2.32. The van der Waals surface area contributed by atoms with Crippen molar-refractivity contribution in [3.63, 3.8) is 0 Å². The summed E-state index contributed by atoms with van der Waals surface area (Å²) in [7, 11) is 3.82. The van der Waals surface area contributed by atoms with E-state index in [2.05, 4.69) is 15.9 Å². The van der Waals surface area contributed by atoms with E-state index >= 15 is 0 Å². The zero-order valence-corrected chi connectivity index (χ0v) is 15.5. The molecule has 2 aromatic rings. The van der Waals surface area contributed by atoms with Gasteiger partial charge in [0.15, 0.2) is 23.5 Å². The summed E-state index contributed by atoms with van der Waals surface area (Å²) in [5.74, 6) is -2.07. The zero-order chi connectivity index (χ0) is 18.4. The van der Waals surface area contributed by atoms with Gasteiger partial charge < -0.3 is 20.0 Å². The van der Waals surface area contributed by atoms with Crippen LogP contribution in [0.2, 0.25) is 0 Å². The van der Waals surface area contributed by atoms with Gasteiger partial charge in [-0.1, -0.05) is 28.1 Å². The smallest absolute Gasteiger partial charge is 0.164 e. The van der Waals surface area contributed by atoms with Crippen LogP contribution in [0.4, 0.5) is 14.5 Å². The molecule has 0 aliphatic carbocycles. The molecular weight excluding hydrogens is 394 g/mol. The van der Waals surface area contributed by atoms with Gasteiger partial charge in [0, 0.05) is 28.8 Å². The number of rotatable bonds is 4.